The number of anilines is 1. The molecule has 0 saturated heterocycles. The lowest BCUT2D eigenvalue weighted by molar-refractivity contribution is 0.503. The molecule has 21 heavy (non-hydrogen) atoms. The molecule has 0 amide bonds. The van der Waals surface area contributed by atoms with Gasteiger partial charge in [0.15, 0.2) is 0 Å². The summed E-state index contributed by atoms with van der Waals surface area (Å²) >= 11 is 6.23. The Bertz CT molecular complexity index is 542. The van der Waals surface area contributed by atoms with E-state index in [0.717, 1.165) is 43.2 Å². The molecule has 0 aromatic carbocycles. The number of nitrogens with one attached hydrogen (secondary N) is 1. The smallest absolute Gasteiger partial charge is 0.129 e. The van der Waals surface area contributed by atoms with E-state index in [1.807, 2.05) is 12.1 Å². The Hall–Kier alpha value is -1.52. The fourth-order valence-electron chi connectivity index (χ4n) is 2.12. The van der Waals surface area contributed by atoms with Gasteiger partial charge in [-0.15, -0.1) is 0 Å². The van der Waals surface area contributed by atoms with E-state index in [0.29, 0.717) is 11.6 Å². The van der Waals surface area contributed by atoms with Crippen LogP contribution in [0.25, 0.3) is 0 Å². The molecule has 4 nitrogen and oxygen atoms in total. The normalized spacial score (nSPS) is 10.8. The van der Waals surface area contributed by atoms with Crippen LogP contribution in [-0.2, 0) is 13.1 Å². The van der Waals surface area contributed by atoms with E-state index in [1.165, 1.54) is 0 Å². The number of hydrogen-bond acceptors (Lipinski definition) is 4. The van der Waals surface area contributed by atoms with E-state index in [1.54, 1.807) is 12.5 Å². The van der Waals surface area contributed by atoms with Crippen LogP contribution in [0.4, 0.5) is 5.82 Å². The molecule has 0 unspecified atom stereocenters. The minimum absolute atomic E-state index is 0.705. The third kappa shape index (κ3) is 4.48. The standard InChI is InChI=1S/C16H22ClN3O/c1-3-7-18-10-13-9-16(19-11-15(13)17)20(4-2)12-14-6-5-8-21-14/h5-6,8-9,11,18H,3-4,7,10,12H2,1-2H3. The quantitative estimate of drug-likeness (QED) is 0.752. The zero-order chi connectivity index (χ0) is 15.1. The SMILES string of the molecule is CCCNCc1cc(N(CC)Cc2ccco2)ncc1Cl. The highest BCUT2D eigenvalue weighted by atomic mass is 35.5. The first kappa shape index (κ1) is 15.9. The van der Waals surface area contributed by atoms with Gasteiger partial charge in [0.25, 0.3) is 0 Å². The molecular formula is C16H22ClN3O. The maximum Gasteiger partial charge on any atom is 0.129 e. The third-order valence-corrected chi connectivity index (χ3v) is 3.64. The highest BCUT2D eigenvalue weighted by Gasteiger charge is 2.11. The lowest BCUT2D eigenvalue weighted by atomic mass is 10.2. The molecule has 0 aliphatic heterocycles. The molecule has 2 rings (SSSR count). The summed E-state index contributed by atoms with van der Waals surface area (Å²) in [5.41, 5.74) is 1.08. The van der Waals surface area contributed by atoms with Crippen LogP contribution in [-0.4, -0.2) is 18.1 Å². The maximum absolute atomic E-state index is 6.23. The lowest BCUT2D eigenvalue weighted by Gasteiger charge is -2.21. The summed E-state index contributed by atoms with van der Waals surface area (Å²) in [6, 6.07) is 5.93. The number of aromatic nitrogens is 1. The van der Waals surface area contributed by atoms with Crippen molar-refractivity contribution in [3.05, 3.63) is 47.0 Å². The van der Waals surface area contributed by atoms with Crippen molar-refractivity contribution in [2.24, 2.45) is 0 Å². The van der Waals surface area contributed by atoms with Crippen molar-refractivity contribution in [3.63, 3.8) is 0 Å². The number of nitrogens with zero attached hydrogens (tertiary/aromatic N) is 2. The molecule has 0 spiro atoms. The summed E-state index contributed by atoms with van der Waals surface area (Å²) in [5.74, 6) is 1.85. The van der Waals surface area contributed by atoms with E-state index < -0.39 is 0 Å². The van der Waals surface area contributed by atoms with Gasteiger partial charge >= 0.3 is 0 Å². The molecular weight excluding hydrogens is 286 g/mol. The van der Waals surface area contributed by atoms with Crippen LogP contribution < -0.4 is 10.2 Å². The van der Waals surface area contributed by atoms with Crippen molar-refractivity contribution >= 4 is 17.4 Å². The molecule has 1 N–H and O–H groups in total. The summed E-state index contributed by atoms with van der Waals surface area (Å²) in [6.07, 6.45) is 4.53. The minimum atomic E-state index is 0.705. The summed E-state index contributed by atoms with van der Waals surface area (Å²) in [7, 11) is 0. The molecule has 114 valence electrons. The molecule has 0 radical (unpaired) electrons. The molecule has 0 aliphatic carbocycles. The summed E-state index contributed by atoms with van der Waals surface area (Å²) in [5, 5.41) is 4.08. The van der Waals surface area contributed by atoms with Crippen LogP contribution in [0.3, 0.4) is 0 Å². The van der Waals surface area contributed by atoms with Crippen molar-refractivity contribution in [1.82, 2.24) is 10.3 Å². The fourth-order valence-corrected chi connectivity index (χ4v) is 2.29. The van der Waals surface area contributed by atoms with E-state index in [4.69, 9.17) is 16.0 Å². The van der Waals surface area contributed by atoms with E-state index in [9.17, 15) is 0 Å². The molecule has 2 aromatic heterocycles. The van der Waals surface area contributed by atoms with Gasteiger partial charge in [-0.3, -0.25) is 0 Å². The summed E-state index contributed by atoms with van der Waals surface area (Å²) in [4.78, 5) is 6.61. The molecule has 0 atom stereocenters. The second kappa shape index (κ2) is 8.05. The Morgan fingerprint density at radius 1 is 1.38 bits per heavy atom. The number of rotatable bonds is 8. The van der Waals surface area contributed by atoms with Gasteiger partial charge < -0.3 is 14.6 Å². The van der Waals surface area contributed by atoms with Crippen molar-refractivity contribution < 1.29 is 4.42 Å². The highest BCUT2D eigenvalue weighted by molar-refractivity contribution is 6.31. The number of halogens is 1. The predicted molar refractivity (Wildman–Crippen MR) is 86.7 cm³/mol. The van der Waals surface area contributed by atoms with Crippen LogP contribution in [0.15, 0.2) is 35.1 Å². The van der Waals surface area contributed by atoms with Gasteiger partial charge in [0, 0.05) is 19.3 Å². The van der Waals surface area contributed by atoms with E-state index in [-0.39, 0.29) is 0 Å². The Balaban J connectivity index is 2.11. The van der Waals surface area contributed by atoms with E-state index >= 15 is 0 Å². The molecule has 2 heterocycles. The highest BCUT2D eigenvalue weighted by Crippen LogP contribution is 2.22. The zero-order valence-corrected chi connectivity index (χ0v) is 13.4. The average Bonchev–Trinajstić information content (AvgIpc) is 3.00. The molecule has 2 aromatic rings. The fraction of sp³-hybridized carbons (Fsp3) is 0.438. The second-order valence-corrected chi connectivity index (χ2v) is 5.31. The first-order valence-corrected chi connectivity index (χ1v) is 7.74. The first-order chi connectivity index (χ1) is 10.2. The van der Waals surface area contributed by atoms with Gasteiger partial charge in [0.1, 0.15) is 11.6 Å². The first-order valence-electron chi connectivity index (χ1n) is 7.37. The van der Waals surface area contributed by atoms with Crippen molar-refractivity contribution in [2.75, 3.05) is 18.0 Å². The van der Waals surface area contributed by atoms with Crippen LogP contribution in [0.5, 0.6) is 0 Å². The van der Waals surface area contributed by atoms with Crippen LogP contribution in [0.1, 0.15) is 31.6 Å². The van der Waals surface area contributed by atoms with Crippen molar-refractivity contribution in [1.29, 1.82) is 0 Å². The van der Waals surface area contributed by atoms with Gasteiger partial charge in [0.05, 0.1) is 17.8 Å². The molecule has 0 fully saturated rings. The molecule has 0 aliphatic rings. The Morgan fingerprint density at radius 2 is 2.24 bits per heavy atom. The number of pyridine rings is 1. The lowest BCUT2D eigenvalue weighted by Crippen LogP contribution is -2.23. The minimum Gasteiger partial charge on any atom is -0.467 e. The Kier molecular flexibility index (Phi) is 6.08. The molecule has 5 heteroatoms. The average molecular weight is 308 g/mol. The number of furan rings is 1. The monoisotopic (exact) mass is 307 g/mol. The van der Waals surface area contributed by atoms with Gasteiger partial charge in [0.2, 0.25) is 0 Å². The van der Waals surface area contributed by atoms with Gasteiger partial charge in [-0.1, -0.05) is 18.5 Å². The topological polar surface area (TPSA) is 41.3 Å². The third-order valence-electron chi connectivity index (χ3n) is 3.30. The largest absolute Gasteiger partial charge is 0.467 e. The summed E-state index contributed by atoms with van der Waals surface area (Å²) in [6.45, 7) is 7.57. The van der Waals surface area contributed by atoms with Crippen molar-refractivity contribution in [2.45, 2.75) is 33.4 Å². The zero-order valence-electron chi connectivity index (χ0n) is 12.6. The van der Waals surface area contributed by atoms with Crippen LogP contribution in [0.2, 0.25) is 5.02 Å². The van der Waals surface area contributed by atoms with Gasteiger partial charge in [-0.05, 0) is 43.7 Å². The molecule has 0 bridgehead atoms. The van der Waals surface area contributed by atoms with Crippen LogP contribution >= 0.6 is 11.6 Å². The number of hydrogen-bond donors (Lipinski definition) is 1. The Labute approximate surface area is 131 Å². The van der Waals surface area contributed by atoms with Gasteiger partial charge in [-0.25, -0.2) is 4.98 Å². The second-order valence-electron chi connectivity index (χ2n) is 4.90. The molecule has 0 saturated carbocycles. The van der Waals surface area contributed by atoms with Crippen LogP contribution in [0, 0.1) is 0 Å². The van der Waals surface area contributed by atoms with E-state index in [2.05, 4.69) is 35.1 Å². The van der Waals surface area contributed by atoms with Crippen molar-refractivity contribution in [3.8, 4) is 0 Å². The van der Waals surface area contributed by atoms with Gasteiger partial charge in [-0.2, -0.15) is 0 Å². The maximum atomic E-state index is 6.23. The summed E-state index contributed by atoms with van der Waals surface area (Å²) < 4.78 is 5.41. The predicted octanol–water partition coefficient (Wildman–Crippen LogP) is 3.85. The Morgan fingerprint density at radius 3 is 2.90 bits per heavy atom.